The highest BCUT2D eigenvalue weighted by molar-refractivity contribution is 5.69. The van der Waals surface area contributed by atoms with Gasteiger partial charge in [0.25, 0.3) is 0 Å². The standard InChI is InChI=1S/C27H42O4/c1-17(9-14-25(29)30-5)21-12-13-22-20-11-10-19-8-6-7-15-26(19,3)23(20)16-24(27(21,22)4)31-18(2)28/h6,8,17,19-24H,7,9-16H2,1-5H3/t17-,19?,20+,21-,22+,23+,24?,26+,27-/m1/s1. The molecular formula is C27H42O4. The van der Waals surface area contributed by atoms with Crippen molar-refractivity contribution in [2.45, 2.75) is 91.6 Å². The van der Waals surface area contributed by atoms with E-state index in [0.717, 1.165) is 18.8 Å². The van der Waals surface area contributed by atoms with Gasteiger partial charge in [0.05, 0.1) is 7.11 Å². The van der Waals surface area contributed by atoms with Crippen LogP contribution in [0, 0.1) is 46.3 Å². The first kappa shape index (κ1) is 22.9. The van der Waals surface area contributed by atoms with Crippen LogP contribution in [0.15, 0.2) is 12.2 Å². The zero-order chi connectivity index (χ0) is 22.4. The maximum absolute atomic E-state index is 12.2. The molecule has 4 aliphatic carbocycles. The van der Waals surface area contributed by atoms with E-state index in [4.69, 9.17) is 9.47 Å². The van der Waals surface area contributed by atoms with Crippen molar-refractivity contribution in [2.75, 3.05) is 7.11 Å². The Kier molecular flexibility index (Phi) is 6.31. The van der Waals surface area contributed by atoms with E-state index in [-0.39, 0.29) is 23.5 Å². The van der Waals surface area contributed by atoms with Gasteiger partial charge in [-0.2, -0.15) is 0 Å². The third kappa shape index (κ3) is 3.76. The van der Waals surface area contributed by atoms with Crippen molar-refractivity contribution in [3.05, 3.63) is 12.2 Å². The summed E-state index contributed by atoms with van der Waals surface area (Å²) in [5.74, 6) is 3.33. The molecule has 31 heavy (non-hydrogen) atoms. The lowest BCUT2D eigenvalue weighted by molar-refractivity contribution is -0.189. The van der Waals surface area contributed by atoms with Gasteiger partial charge in [-0.25, -0.2) is 0 Å². The molecule has 0 radical (unpaired) electrons. The Morgan fingerprint density at radius 3 is 2.61 bits per heavy atom. The maximum Gasteiger partial charge on any atom is 0.305 e. The van der Waals surface area contributed by atoms with Crippen LogP contribution in [-0.2, 0) is 19.1 Å². The van der Waals surface area contributed by atoms with Gasteiger partial charge in [0.15, 0.2) is 0 Å². The third-order valence-electron chi connectivity index (χ3n) is 10.3. The average molecular weight is 431 g/mol. The van der Waals surface area contributed by atoms with E-state index in [0.29, 0.717) is 41.4 Å². The molecule has 3 saturated carbocycles. The molecule has 0 saturated heterocycles. The Morgan fingerprint density at radius 1 is 1.13 bits per heavy atom. The lowest BCUT2D eigenvalue weighted by Gasteiger charge is -2.61. The molecule has 4 aliphatic rings. The molecule has 0 amide bonds. The summed E-state index contributed by atoms with van der Waals surface area (Å²) < 4.78 is 11.0. The van der Waals surface area contributed by atoms with Crippen LogP contribution < -0.4 is 0 Å². The van der Waals surface area contributed by atoms with E-state index in [1.807, 2.05) is 0 Å². The van der Waals surface area contributed by atoms with Crippen LogP contribution >= 0.6 is 0 Å². The van der Waals surface area contributed by atoms with Crippen LogP contribution in [0.25, 0.3) is 0 Å². The van der Waals surface area contributed by atoms with Gasteiger partial charge in [0, 0.05) is 18.8 Å². The van der Waals surface area contributed by atoms with E-state index in [1.165, 1.54) is 45.6 Å². The van der Waals surface area contributed by atoms with Crippen LogP contribution in [0.5, 0.6) is 0 Å². The monoisotopic (exact) mass is 430 g/mol. The van der Waals surface area contributed by atoms with Crippen molar-refractivity contribution < 1.29 is 19.1 Å². The minimum Gasteiger partial charge on any atom is -0.469 e. The number of carbonyl (C=O) groups is 2. The predicted molar refractivity (Wildman–Crippen MR) is 121 cm³/mol. The second kappa shape index (κ2) is 8.56. The Bertz CT molecular complexity index is 729. The molecule has 0 bridgehead atoms. The van der Waals surface area contributed by atoms with Gasteiger partial charge in [-0.05, 0) is 92.3 Å². The first-order valence-electron chi connectivity index (χ1n) is 12.6. The summed E-state index contributed by atoms with van der Waals surface area (Å²) in [6.07, 6.45) is 14.7. The summed E-state index contributed by atoms with van der Waals surface area (Å²) in [6, 6.07) is 0. The van der Waals surface area contributed by atoms with Crippen molar-refractivity contribution in [1.82, 2.24) is 0 Å². The van der Waals surface area contributed by atoms with Gasteiger partial charge in [-0.15, -0.1) is 0 Å². The van der Waals surface area contributed by atoms with E-state index in [9.17, 15) is 9.59 Å². The van der Waals surface area contributed by atoms with Gasteiger partial charge in [-0.3, -0.25) is 9.59 Å². The second-order valence-corrected chi connectivity index (χ2v) is 11.5. The van der Waals surface area contributed by atoms with Crippen LogP contribution in [0.3, 0.4) is 0 Å². The molecule has 4 rings (SSSR count). The highest BCUT2D eigenvalue weighted by Gasteiger charge is 2.64. The zero-order valence-corrected chi connectivity index (χ0v) is 20.2. The summed E-state index contributed by atoms with van der Waals surface area (Å²) in [5, 5.41) is 0. The molecule has 0 aromatic heterocycles. The fourth-order valence-electron chi connectivity index (χ4n) is 8.75. The number of hydrogen-bond acceptors (Lipinski definition) is 4. The number of esters is 2. The number of methoxy groups -OCH3 is 1. The molecule has 0 N–H and O–H groups in total. The van der Waals surface area contributed by atoms with Crippen molar-refractivity contribution in [3.63, 3.8) is 0 Å². The van der Waals surface area contributed by atoms with Gasteiger partial charge in [-0.1, -0.05) is 32.9 Å². The Hall–Kier alpha value is -1.32. The van der Waals surface area contributed by atoms with Crippen LogP contribution in [0.2, 0.25) is 0 Å². The lowest BCUT2D eigenvalue weighted by Crippen LogP contribution is -2.58. The maximum atomic E-state index is 12.2. The molecular weight excluding hydrogens is 388 g/mol. The first-order valence-corrected chi connectivity index (χ1v) is 12.6. The van der Waals surface area contributed by atoms with Crippen molar-refractivity contribution in [3.8, 4) is 0 Å². The van der Waals surface area contributed by atoms with E-state index in [1.54, 1.807) is 6.92 Å². The highest BCUT2D eigenvalue weighted by atomic mass is 16.5. The number of ether oxygens (including phenoxy) is 2. The van der Waals surface area contributed by atoms with Gasteiger partial charge in [0.1, 0.15) is 6.10 Å². The molecule has 4 heteroatoms. The van der Waals surface area contributed by atoms with Crippen LogP contribution in [-0.4, -0.2) is 25.2 Å². The largest absolute Gasteiger partial charge is 0.469 e. The summed E-state index contributed by atoms with van der Waals surface area (Å²) >= 11 is 0. The van der Waals surface area contributed by atoms with E-state index >= 15 is 0 Å². The number of allylic oxidation sites excluding steroid dienone is 2. The van der Waals surface area contributed by atoms with Gasteiger partial charge >= 0.3 is 11.9 Å². The summed E-state index contributed by atoms with van der Waals surface area (Å²) in [6.45, 7) is 8.81. The Balaban J connectivity index is 1.63. The Labute approximate surface area is 188 Å². The topological polar surface area (TPSA) is 52.6 Å². The first-order chi connectivity index (χ1) is 14.7. The Morgan fingerprint density at radius 2 is 1.90 bits per heavy atom. The molecule has 3 fully saturated rings. The van der Waals surface area contributed by atoms with E-state index in [2.05, 4.69) is 32.9 Å². The number of fused-ring (bicyclic) bond motifs is 5. The summed E-state index contributed by atoms with van der Waals surface area (Å²) in [4.78, 5) is 24.0. The fourth-order valence-corrected chi connectivity index (χ4v) is 8.75. The van der Waals surface area contributed by atoms with Crippen molar-refractivity contribution in [2.24, 2.45) is 46.3 Å². The zero-order valence-electron chi connectivity index (χ0n) is 20.2. The molecule has 0 aromatic rings. The quantitative estimate of drug-likeness (QED) is 0.400. The van der Waals surface area contributed by atoms with E-state index < -0.39 is 0 Å². The lowest BCUT2D eigenvalue weighted by atomic mass is 9.44. The van der Waals surface area contributed by atoms with Crippen molar-refractivity contribution in [1.29, 1.82) is 0 Å². The van der Waals surface area contributed by atoms with Gasteiger partial charge < -0.3 is 9.47 Å². The number of hydrogen-bond donors (Lipinski definition) is 0. The summed E-state index contributed by atoms with van der Waals surface area (Å²) in [5.41, 5.74) is 0.349. The van der Waals surface area contributed by atoms with Crippen LogP contribution in [0.1, 0.15) is 85.5 Å². The molecule has 0 aromatic carbocycles. The molecule has 2 unspecified atom stereocenters. The number of rotatable bonds is 5. The van der Waals surface area contributed by atoms with Gasteiger partial charge in [0.2, 0.25) is 0 Å². The third-order valence-corrected chi connectivity index (χ3v) is 10.3. The smallest absolute Gasteiger partial charge is 0.305 e. The molecule has 0 aliphatic heterocycles. The molecule has 9 atom stereocenters. The SMILES string of the molecule is COC(=O)CC[C@@H](C)[C@H]1CC[C@H]2[C@@H]3CCC4C=CCC[C@]4(C)[C@H]3CC(OC(C)=O)[C@]12C. The van der Waals surface area contributed by atoms with Crippen molar-refractivity contribution >= 4 is 11.9 Å². The minimum atomic E-state index is -0.141. The number of carbonyl (C=O) groups excluding carboxylic acids is 2. The second-order valence-electron chi connectivity index (χ2n) is 11.5. The fraction of sp³-hybridized carbons (Fsp3) is 0.852. The molecule has 174 valence electrons. The molecule has 0 spiro atoms. The highest BCUT2D eigenvalue weighted by Crippen LogP contribution is 2.68. The normalized spacial score (nSPS) is 44.5. The minimum absolute atomic E-state index is 0.00851. The predicted octanol–water partition coefficient (Wildman–Crippen LogP) is 5.94. The van der Waals surface area contributed by atoms with Crippen LogP contribution in [0.4, 0.5) is 0 Å². The molecule has 4 nitrogen and oxygen atoms in total. The summed E-state index contributed by atoms with van der Waals surface area (Å²) in [7, 11) is 1.47. The molecule has 0 heterocycles. The average Bonchev–Trinajstić information content (AvgIpc) is 3.10.